The third-order valence-corrected chi connectivity index (χ3v) is 3.72. The van der Waals surface area contributed by atoms with E-state index in [-0.39, 0.29) is 35.2 Å². The average Bonchev–Trinajstić information content (AvgIpc) is 2.23. The lowest BCUT2D eigenvalue weighted by Gasteiger charge is -2.30. The van der Waals surface area contributed by atoms with Crippen molar-refractivity contribution in [3.8, 4) is 0 Å². The van der Waals surface area contributed by atoms with E-state index in [1.807, 2.05) is 6.92 Å². The summed E-state index contributed by atoms with van der Waals surface area (Å²) in [6.07, 6.45) is 1.77. The highest BCUT2D eigenvalue weighted by molar-refractivity contribution is 5.85. The van der Waals surface area contributed by atoms with E-state index in [0.29, 0.717) is 6.54 Å². The minimum absolute atomic E-state index is 0. The van der Waals surface area contributed by atoms with Crippen LogP contribution in [0.25, 0.3) is 0 Å². The zero-order valence-electron chi connectivity index (χ0n) is 12.1. The Hall–Kier alpha value is -0.280. The topological polar surface area (TPSA) is 55.1 Å². The summed E-state index contributed by atoms with van der Waals surface area (Å²) in [6, 6.07) is 0. The molecule has 1 amide bonds. The van der Waals surface area contributed by atoms with Crippen molar-refractivity contribution in [2.24, 2.45) is 17.1 Å². The van der Waals surface area contributed by atoms with Gasteiger partial charge in [-0.15, -0.1) is 12.4 Å². The normalized spacial score (nSPS) is 13.8. The maximum absolute atomic E-state index is 11.9. The predicted molar refractivity (Wildman–Crippen MR) is 76.4 cm³/mol. The molecule has 3 N–H and O–H groups in total. The van der Waals surface area contributed by atoms with Crippen LogP contribution < -0.4 is 11.1 Å². The van der Waals surface area contributed by atoms with Crippen molar-refractivity contribution < 1.29 is 4.79 Å². The first kappa shape index (κ1) is 19.1. The lowest BCUT2D eigenvalue weighted by Crippen LogP contribution is -2.51. The van der Waals surface area contributed by atoms with Crippen LogP contribution in [0.1, 0.15) is 54.4 Å². The van der Waals surface area contributed by atoms with Gasteiger partial charge in [-0.3, -0.25) is 4.79 Å². The molecule has 0 bridgehead atoms. The average molecular weight is 265 g/mol. The van der Waals surface area contributed by atoms with Crippen molar-refractivity contribution in [2.75, 3.05) is 6.54 Å². The number of rotatable bonds is 5. The van der Waals surface area contributed by atoms with Crippen LogP contribution in [0, 0.1) is 11.3 Å². The summed E-state index contributed by atoms with van der Waals surface area (Å²) in [5, 5.41) is 2.97. The van der Waals surface area contributed by atoms with Crippen LogP contribution in [0.4, 0.5) is 0 Å². The van der Waals surface area contributed by atoms with Gasteiger partial charge in [-0.1, -0.05) is 41.5 Å². The maximum Gasteiger partial charge on any atom is 0.223 e. The second-order valence-electron chi connectivity index (χ2n) is 5.87. The van der Waals surface area contributed by atoms with Gasteiger partial charge in [0.25, 0.3) is 0 Å². The zero-order valence-corrected chi connectivity index (χ0v) is 12.9. The molecule has 0 aromatic heterocycles. The number of halogens is 1. The lowest BCUT2D eigenvalue weighted by atomic mass is 9.81. The standard InChI is InChI=1S/C13H28N2O.ClH/c1-7-13(14,8-2)9-15-11(16)10(3)12(4,5)6;/h10H,7-9,14H2,1-6H3,(H,15,16);1H. The third kappa shape index (κ3) is 6.27. The van der Waals surface area contributed by atoms with Gasteiger partial charge >= 0.3 is 0 Å². The molecule has 0 heterocycles. The zero-order chi connectivity index (χ0) is 13.0. The van der Waals surface area contributed by atoms with Gasteiger partial charge in [0.05, 0.1) is 0 Å². The van der Waals surface area contributed by atoms with Crippen LogP contribution in [0.15, 0.2) is 0 Å². The Morgan fingerprint density at radius 2 is 1.65 bits per heavy atom. The number of hydrogen-bond acceptors (Lipinski definition) is 2. The summed E-state index contributed by atoms with van der Waals surface area (Å²) in [5.74, 6) is 0.106. The van der Waals surface area contributed by atoms with Crippen molar-refractivity contribution in [1.82, 2.24) is 5.32 Å². The largest absolute Gasteiger partial charge is 0.354 e. The fourth-order valence-electron chi connectivity index (χ4n) is 1.31. The molecule has 1 atom stereocenters. The molecular formula is C13H29ClN2O. The lowest BCUT2D eigenvalue weighted by molar-refractivity contribution is -0.127. The molecule has 0 fully saturated rings. The minimum Gasteiger partial charge on any atom is -0.354 e. The van der Waals surface area contributed by atoms with Gasteiger partial charge in [-0.25, -0.2) is 0 Å². The summed E-state index contributed by atoms with van der Waals surface area (Å²) in [4.78, 5) is 11.9. The molecule has 17 heavy (non-hydrogen) atoms. The number of amides is 1. The smallest absolute Gasteiger partial charge is 0.223 e. The van der Waals surface area contributed by atoms with E-state index in [1.54, 1.807) is 0 Å². The van der Waals surface area contributed by atoms with E-state index < -0.39 is 0 Å². The van der Waals surface area contributed by atoms with Crippen LogP contribution >= 0.6 is 12.4 Å². The first-order valence-corrected chi connectivity index (χ1v) is 6.23. The Morgan fingerprint density at radius 3 is 1.94 bits per heavy atom. The molecule has 0 saturated heterocycles. The van der Waals surface area contributed by atoms with Gasteiger partial charge in [0.15, 0.2) is 0 Å². The van der Waals surface area contributed by atoms with Gasteiger partial charge in [-0.05, 0) is 18.3 Å². The quantitative estimate of drug-likeness (QED) is 0.802. The first-order chi connectivity index (χ1) is 7.16. The molecule has 0 saturated carbocycles. The summed E-state index contributed by atoms with van der Waals surface area (Å²) in [7, 11) is 0. The van der Waals surface area contributed by atoms with Crippen LogP contribution in [0.3, 0.4) is 0 Å². The number of carbonyl (C=O) groups excluding carboxylic acids is 1. The van der Waals surface area contributed by atoms with Crippen LogP contribution in [-0.4, -0.2) is 18.0 Å². The Balaban J connectivity index is 0. The number of hydrogen-bond donors (Lipinski definition) is 2. The van der Waals surface area contributed by atoms with E-state index in [9.17, 15) is 4.79 Å². The molecule has 0 aromatic carbocycles. The Labute approximate surface area is 112 Å². The van der Waals surface area contributed by atoms with Crippen LogP contribution in [0.2, 0.25) is 0 Å². The summed E-state index contributed by atoms with van der Waals surface area (Å²) < 4.78 is 0. The molecule has 0 spiro atoms. The van der Waals surface area contributed by atoms with E-state index in [4.69, 9.17) is 5.73 Å². The molecule has 104 valence electrons. The molecule has 0 radical (unpaired) electrons. The third-order valence-electron chi connectivity index (χ3n) is 3.72. The summed E-state index contributed by atoms with van der Waals surface area (Å²) in [6.45, 7) is 12.9. The minimum atomic E-state index is -0.257. The van der Waals surface area contributed by atoms with E-state index in [1.165, 1.54) is 0 Å². The van der Waals surface area contributed by atoms with Gasteiger partial charge < -0.3 is 11.1 Å². The Morgan fingerprint density at radius 1 is 1.24 bits per heavy atom. The number of carbonyl (C=O) groups is 1. The van der Waals surface area contributed by atoms with E-state index in [2.05, 4.69) is 39.9 Å². The highest BCUT2D eigenvalue weighted by Gasteiger charge is 2.28. The van der Waals surface area contributed by atoms with Crippen molar-refractivity contribution >= 4 is 18.3 Å². The first-order valence-electron chi connectivity index (χ1n) is 6.23. The number of nitrogens with two attached hydrogens (primary N) is 1. The molecule has 0 aromatic rings. The molecular weight excluding hydrogens is 236 g/mol. The van der Waals surface area contributed by atoms with Gasteiger partial charge in [0, 0.05) is 18.0 Å². The van der Waals surface area contributed by atoms with Gasteiger partial charge in [-0.2, -0.15) is 0 Å². The monoisotopic (exact) mass is 264 g/mol. The number of nitrogens with one attached hydrogen (secondary N) is 1. The highest BCUT2D eigenvalue weighted by atomic mass is 35.5. The fourth-order valence-corrected chi connectivity index (χ4v) is 1.31. The molecule has 0 aliphatic carbocycles. The van der Waals surface area contributed by atoms with Crippen LogP contribution in [-0.2, 0) is 4.79 Å². The fraction of sp³-hybridized carbons (Fsp3) is 0.923. The molecule has 0 aliphatic heterocycles. The molecule has 0 rings (SSSR count). The van der Waals surface area contributed by atoms with E-state index in [0.717, 1.165) is 12.8 Å². The molecule has 1 unspecified atom stereocenters. The highest BCUT2D eigenvalue weighted by Crippen LogP contribution is 2.25. The van der Waals surface area contributed by atoms with Crippen molar-refractivity contribution in [3.63, 3.8) is 0 Å². The SMILES string of the molecule is CCC(N)(CC)CNC(=O)C(C)C(C)(C)C.Cl. The second kappa shape index (κ2) is 7.22. The van der Waals surface area contributed by atoms with Crippen molar-refractivity contribution in [2.45, 2.75) is 59.9 Å². The van der Waals surface area contributed by atoms with Crippen molar-refractivity contribution in [3.05, 3.63) is 0 Å². The molecule has 0 aliphatic rings. The van der Waals surface area contributed by atoms with Crippen LogP contribution in [0.5, 0.6) is 0 Å². The Bertz CT molecular complexity index is 232. The maximum atomic E-state index is 11.9. The second-order valence-corrected chi connectivity index (χ2v) is 5.87. The Kier molecular flexibility index (Phi) is 8.10. The summed E-state index contributed by atoms with van der Waals surface area (Å²) >= 11 is 0. The predicted octanol–water partition coefficient (Wildman–Crippen LogP) is 2.72. The summed E-state index contributed by atoms with van der Waals surface area (Å²) in [5.41, 5.74) is 5.88. The van der Waals surface area contributed by atoms with Gasteiger partial charge in [0.1, 0.15) is 0 Å². The van der Waals surface area contributed by atoms with E-state index >= 15 is 0 Å². The molecule has 3 nitrogen and oxygen atoms in total. The molecule has 4 heteroatoms. The van der Waals surface area contributed by atoms with Gasteiger partial charge in [0.2, 0.25) is 5.91 Å². The van der Waals surface area contributed by atoms with Crippen molar-refractivity contribution in [1.29, 1.82) is 0 Å².